The minimum absolute atomic E-state index is 0.0995. The van der Waals surface area contributed by atoms with E-state index >= 15 is 0 Å². The molecule has 0 aliphatic carbocycles. The zero-order valence-corrected chi connectivity index (χ0v) is 15.3. The van der Waals surface area contributed by atoms with Crippen LogP contribution in [0.3, 0.4) is 0 Å². The van der Waals surface area contributed by atoms with Crippen LogP contribution in [0.2, 0.25) is 0 Å². The summed E-state index contributed by atoms with van der Waals surface area (Å²) in [6, 6.07) is 10.1. The number of amides is 2. The molecule has 4 nitrogen and oxygen atoms in total. The number of unbranched alkanes of at least 4 members (excludes halogenated alkanes) is 1. The van der Waals surface area contributed by atoms with E-state index in [1.807, 2.05) is 28.0 Å². The van der Waals surface area contributed by atoms with Crippen LogP contribution in [0, 0.1) is 0 Å². The molecule has 0 radical (unpaired) electrons. The molecule has 1 aliphatic heterocycles. The van der Waals surface area contributed by atoms with E-state index in [0.29, 0.717) is 25.9 Å². The first-order valence-corrected chi connectivity index (χ1v) is 9.15. The van der Waals surface area contributed by atoms with Gasteiger partial charge in [-0.1, -0.05) is 43.7 Å². The second-order valence-electron chi connectivity index (χ2n) is 6.69. The van der Waals surface area contributed by atoms with Gasteiger partial charge in [0.15, 0.2) is 0 Å². The summed E-state index contributed by atoms with van der Waals surface area (Å²) in [4.78, 5) is 29.0. The van der Waals surface area contributed by atoms with Crippen LogP contribution in [0.15, 0.2) is 30.3 Å². The van der Waals surface area contributed by atoms with Crippen LogP contribution in [0.25, 0.3) is 0 Å². The quantitative estimate of drug-likeness (QED) is 0.803. The Kier molecular flexibility index (Phi) is 6.41. The molecule has 0 saturated carbocycles. The molecule has 1 heterocycles. The SMILES string of the molecule is CCCCN(CC)C(=O)C1(c2ccccc2)CCN(C(C)=O)CC1. The average molecular weight is 330 g/mol. The number of nitrogens with zero attached hydrogens (tertiary/aromatic N) is 2. The third kappa shape index (κ3) is 3.80. The predicted octanol–water partition coefficient (Wildman–Crippen LogP) is 3.22. The number of piperidine rings is 1. The molecular formula is C20H30N2O2. The van der Waals surface area contributed by atoms with Crippen LogP contribution in [0.5, 0.6) is 0 Å². The number of hydrogen-bond donors (Lipinski definition) is 0. The second-order valence-corrected chi connectivity index (χ2v) is 6.69. The maximum atomic E-state index is 13.5. The highest BCUT2D eigenvalue weighted by molar-refractivity contribution is 5.89. The fourth-order valence-corrected chi connectivity index (χ4v) is 3.64. The van der Waals surface area contributed by atoms with Gasteiger partial charge in [0.05, 0.1) is 5.41 Å². The Balaban J connectivity index is 2.30. The second kappa shape index (κ2) is 8.32. The number of likely N-dealkylation sites (tertiary alicyclic amines) is 1. The van der Waals surface area contributed by atoms with Crippen molar-refractivity contribution in [3.05, 3.63) is 35.9 Å². The van der Waals surface area contributed by atoms with Gasteiger partial charge < -0.3 is 9.80 Å². The number of likely N-dealkylation sites (N-methyl/N-ethyl adjacent to an activating group) is 1. The topological polar surface area (TPSA) is 40.6 Å². The van der Waals surface area contributed by atoms with Crippen molar-refractivity contribution in [1.29, 1.82) is 0 Å². The number of hydrogen-bond acceptors (Lipinski definition) is 2. The Labute approximate surface area is 145 Å². The molecule has 2 amide bonds. The van der Waals surface area contributed by atoms with Gasteiger partial charge in [-0.15, -0.1) is 0 Å². The molecule has 1 aliphatic rings. The van der Waals surface area contributed by atoms with Crippen LogP contribution in [-0.2, 0) is 15.0 Å². The molecule has 1 aromatic rings. The summed E-state index contributed by atoms with van der Waals surface area (Å²) < 4.78 is 0. The molecule has 2 rings (SSSR count). The zero-order chi connectivity index (χ0) is 17.6. The van der Waals surface area contributed by atoms with E-state index in [0.717, 1.165) is 31.5 Å². The van der Waals surface area contributed by atoms with Crippen LogP contribution < -0.4 is 0 Å². The monoisotopic (exact) mass is 330 g/mol. The Hall–Kier alpha value is -1.84. The normalized spacial score (nSPS) is 16.7. The molecule has 1 fully saturated rings. The highest BCUT2D eigenvalue weighted by Gasteiger charge is 2.44. The number of carbonyl (C=O) groups is 2. The third-order valence-corrected chi connectivity index (χ3v) is 5.25. The molecule has 1 saturated heterocycles. The van der Waals surface area contributed by atoms with E-state index in [1.165, 1.54) is 0 Å². The van der Waals surface area contributed by atoms with Crippen molar-refractivity contribution in [2.24, 2.45) is 0 Å². The summed E-state index contributed by atoms with van der Waals surface area (Å²) >= 11 is 0. The smallest absolute Gasteiger partial charge is 0.233 e. The van der Waals surface area contributed by atoms with Crippen molar-refractivity contribution in [3.63, 3.8) is 0 Å². The average Bonchev–Trinajstić information content (AvgIpc) is 2.62. The lowest BCUT2D eigenvalue weighted by Crippen LogP contribution is -2.53. The lowest BCUT2D eigenvalue weighted by Gasteiger charge is -2.43. The molecule has 0 unspecified atom stereocenters. The summed E-state index contributed by atoms with van der Waals surface area (Å²) in [6.07, 6.45) is 3.53. The van der Waals surface area contributed by atoms with Crippen molar-refractivity contribution in [3.8, 4) is 0 Å². The first-order valence-electron chi connectivity index (χ1n) is 9.15. The van der Waals surface area contributed by atoms with Gasteiger partial charge in [-0.05, 0) is 31.7 Å². The van der Waals surface area contributed by atoms with Crippen LogP contribution in [0.1, 0.15) is 52.0 Å². The standard InChI is InChI=1S/C20H30N2O2/c1-4-6-14-21(5-2)19(24)20(18-10-8-7-9-11-18)12-15-22(16-13-20)17(3)23/h7-11H,4-6,12-16H2,1-3H3. The molecule has 0 N–H and O–H groups in total. The van der Waals surface area contributed by atoms with E-state index in [1.54, 1.807) is 6.92 Å². The van der Waals surface area contributed by atoms with E-state index in [-0.39, 0.29) is 11.8 Å². The third-order valence-electron chi connectivity index (χ3n) is 5.25. The molecule has 24 heavy (non-hydrogen) atoms. The summed E-state index contributed by atoms with van der Waals surface area (Å²) in [6.45, 7) is 8.67. The Morgan fingerprint density at radius 3 is 2.25 bits per heavy atom. The number of carbonyl (C=O) groups excluding carboxylic acids is 2. The van der Waals surface area contributed by atoms with Gasteiger partial charge in [0.2, 0.25) is 11.8 Å². The molecule has 0 atom stereocenters. The maximum Gasteiger partial charge on any atom is 0.233 e. The van der Waals surface area contributed by atoms with Gasteiger partial charge in [0.1, 0.15) is 0 Å². The fourth-order valence-electron chi connectivity index (χ4n) is 3.64. The van der Waals surface area contributed by atoms with Gasteiger partial charge in [-0.2, -0.15) is 0 Å². The fraction of sp³-hybridized carbons (Fsp3) is 0.600. The van der Waals surface area contributed by atoms with E-state index < -0.39 is 5.41 Å². The molecule has 1 aromatic carbocycles. The lowest BCUT2D eigenvalue weighted by atomic mass is 9.71. The Morgan fingerprint density at radius 2 is 1.75 bits per heavy atom. The van der Waals surface area contributed by atoms with Gasteiger partial charge in [0.25, 0.3) is 0 Å². The van der Waals surface area contributed by atoms with Crippen molar-refractivity contribution in [1.82, 2.24) is 9.80 Å². The minimum Gasteiger partial charge on any atom is -0.343 e. The van der Waals surface area contributed by atoms with Gasteiger partial charge in [-0.3, -0.25) is 9.59 Å². The highest BCUT2D eigenvalue weighted by Crippen LogP contribution is 2.37. The van der Waals surface area contributed by atoms with Gasteiger partial charge >= 0.3 is 0 Å². The lowest BCUT2D eigenvalue weighted by molar-refractivity contribution is -0.142. The van der Waals surface area contributed by atoms with Crippen LogP contribution >= 0.6 is 0 Å². The first kappa shape index (κ1) is 18.5. The van der Waals surface area contributed by atoms with Crippen molar-refractivity contribution in [2.75, 3.05) is 26.2 Å². The summed E-state index contributed by atoms with van der Waals surface area (Å²) in [5.41, 5.74) is 0.602. The Bertz CT molecular complexity index is 548. The number of rotatable bonds is 6. The van der Waals surface area contributed by atoms with Crippen molar-refractivity contribution in [2.45, 2.75) is 51.9 Å². The summed E-state index contributed by atoms with van der Waals surface area (Å²) in [7, 11) is 0. The molecule has 4 heteroatoms. The van der Waals surface area contributed by atoms with Gasteiger partial charge in [0, 0.05) is 33.1 Å². The number of benzene rings is 1. The summed E-state index contributed by atoms with van der Waals surface area (Å²) in [5.74, 6) is 0.329. The van der Waals surface area contributed by atoms with Crippen molar-refractivity contribution < 1.29 is 9.59 Å². The van der Waals surface area contributed by atoms with E-state index in [2.05, 4.69) is 26.0 Å². The maximum absolute atomic E-state index is 13.5. The highest BCUT2D eigenvalue weighted by atomic mass is 16.2. The van der Waals surface area contributed by atoms with Gasteiger partial charge in [-0.25, -0.2) is 0 Å². The minimum atomic E-state index is -0.489. The molecule has 0 spiro atoms. The zero-order valence-electron chi connectivity index (χ0n) is 15.3. The van der Waals surface area contributed by atoms with E-state index in [9.17, 15) is 9.59 Å². The largest absolute Gasteiger partial charge is 0.343 e. The first-order chi connectivity index (χ1) is 11.5. The van der Waals surface area contributed by atoms with Crippen LogP contribution in [0.4, 0.5) is 0 Å². The predicted molar refractivity (Wildman–Crippen MR) is 96.8 cm³/mol. The van der Waals surface area contributed by atoms with E-state index in [4.69, 9.17) is 0 Å². The van der Waals surface area contributed by atoms with Crippen LogP contribution in [-0.4, -0.2) is 47.8 Å². The molecule has 132 valence electrons. The molecule has 0 aromatic heterocycles. The van der Waals surface area contributed by atoms with Crippen molar-refractivity contribution >= 4 is 11.8 Å². The summed E-state index contributed by atoms with van der Waals surface area (Å²) in [5, 5.41) is 0. The molecule has 0 bridgehead atoms. The Morgan fingerprint density at radius 1 is 1.12 bits per heavy atom. The molecular weight excluding hydrogens is 300 g/mol.